The molecule has 3 N–H and O–H groups in total. The summed E-state index contributed by atoms with van der Waals surface area (Å²) in [5, 5.41) is 14.7. The topological polar surface area (TPSA) is 74.2 Å². The van der Waals surface area contributed by atoms with E-state index >= 15 is 0 Å². The molecular formula is C16H18FN3O2. The smallest absolute Gasteiger partial charge is 0.255 e. The molecule has 0 fully saturated rings. The van der Waals surface area contributed by atoms with Gasteiger partial charge in [0.1, 0.15) is 11.6 Å². The number of rotatable bonds is 6. The maximum Gasteiger partial charge on any atom is 0.255 e. The lowest BCUT2D eigenvalue weighted by Crippen LogP contribution is -2.30. The van der Waals surface area contributed by atoms with E-state index in [-0.39, 0.29) is 24.2 Å². The monoisotopic (exact) mass is 303 g/mol. The van der Waals surface area contributed by atoms with Crippen molar-refractivity contribution in [2.24, 2.45) is 5.92 Å². The van der Waals surface area contributed by atoms with Crippen LogP contribution in [0.3, 0.4) is 0 Å². The Morgan fingerprint density at radius 1 is 1.36 bits per heavy atom. The Kier molecular flexibility index (Phi) is 5.43. The molecule has 22 heavy (non-hydrogen) atoms. The first-order valence-electron chi connectivity index (χ1n) is 6.97. The number of carbonyl (C=O) groups is 1. The number of nitrogens with zero attached hydrogens (tertiary/aromatic N) is 1. The van der Waals surface area contributed by atoms with Crippen LogP contribution in [0.4, 0.5) is 15.9 Å². The lowest BCUT2D eigenvalue weighted by Gasteiger charge is -2.13. The Balaban J connectivity index is 2.14. The van der Waals surface area contributed by atoms with Crippen molar-refractivity contribution >= 4 is 17.4 Å². The van der Waals surface area contributed by atoms with Crippen LogP contribution in [0.25, 0.3) is 0 Å². The number of benzene rings is 1. The predicted octanol–water partition coefficient (Wildman–Crippen LogP) is 2.32. The first-order valence-corrected chi connectivity index (χ1v) is 6.97. The zero-order chi connectivity index (χ0) is 15.9. The Morgan fingerprint density at radius 2 is 2.18 bits per heavy atom. The van der Waals surface area contributed by atoms with Gasteiger partial charge in [0.2, 0.25) is 0 Å². The van der Waals surface area contributed by atoms with E-state index < -0.39 is 0 Å². The first kappa shape index (κ1) is 15.9. The largest absolute Gasteiger partial charge is 0.396 e. The summed E-state index contributed by atoms with van der Waals surface area (Å²) >= 11 is 0. The van der Waals surface area contributed by atoms with Crippen LogP contribution in [0.5, 0.6) is 0 Å². The van der Waals surface area contributed by atoms with Crippen molar-refractivity contribution < 1.29 is 14.3 Å². The minimum atomic E-state index is -0.372. The van der Waals surface area contributed by atoms with Crippen LogP contribution in [0.15, 0.2) is 42.6 Å². The van der Waals surface area contributed by atoms with Crippen LogP contribution in [-0.4, -0.2) is 29.1 Å². The molecule has 0 aliphatic heterocycles. The number of hydrogen-bond acceptors (Lipinski definition) is 4. The number of anilines is 2. The van der Waals surface area contributed by atoms with Gasteiger partial charge in [0.05, 0.1) is 5.56 Å². The molecule has 6 heteroatoms. The minimum Gasteiger partial charge on any atom is -0.396 e. The van der Waals surface area contributed by atoms with Crippen LogP contribution in [0.1, 0.15) is 17.3 Å². The van der Waals surface area contributed by atoms with Crippen molar-refractivity contribution in [2.75, 3.05) is 18.5 Å². The number of halogens is 1. The molecule has 1 heterocycles. The fraction of sp³-hybridized carbons (Fsp3) is 0.250. The van der Waals surface area contributed by atoms with Crippen LogP contribution < -0.4 is 10.6 Å². The highest BCUT2D eigenvalue weighted by atomic mass is 19.1. The molecule has 0 spiro atoms. The number of nitrogens with one attached hydrogen (secondary N) is 2. The molecule has 1 aromatic heterocycles. The molecule has 1 unspecified atom stereocenters. The van der Waals surface area contributed by atoms with Crippen LogP contribution >= 0.6 is 0 Å². The van der Waals surface area contributed by atoms with E-state index in [1.165, 1.54) is 12.1 Å². The van der Waals surface area contributed by atoms with E-state index in [1.54, 1.807) is 30.5 Å². The zero-order valence-corrected chi connectivity index (χ0v) is 12.2. The van der Waals surface area contributed by atoms with Crippen molar-refractivity contribution in [2.45, 2.75) is 6.92 Å². The van der Waals surface area contributed by atoms with Crippen LogP contribution in [0.2, 0.25) is 0 Å². The predicted molar refractivity (Wildman–Crippen MR) is 82.5 cm³/mol. The molecule has 1 amide bonds. The molecule has 2 rings (SSSR count). The van der Waals surface area contributed by atoms with Gasteiger partial charge in [-0.3, -0.25) is 4.79 Å². The third-order valence-electron chi connectivity index (χ3n) is 3.06. The number of aliphatic hydroxyl groups is 1. The Morgan fingerprint density at radius 3 is 2.91 bits per heavy atom. The van der Waals surface area contributed by atoms with Crippen molar-refractivity contribution in [3.63, 3.8) is 0 Å². The van der Waals surface area contributed by atoms with Crippen molar-refractivity contribution in [1.82, 2.24) is 10.3 Å². The number of aliphatic hydroxyl groups excluding tert-OH is 1. The van der Waals surface area contributed by atoms with E-state index in [9.17, 15) is 9.18 Å². The molecule has 0 bridgehead atoms. The summed E-state index contributed by atoms with van der Waals surface area (Å²) in [7, 11) is 0. The standard InChI is InChI=1S/C16H18FN3O2/c1-11(10-21)9-19-16(22)14-6-3-7-18-15(14)20-13-5-2-4-12(17)8-13/h2-8,11,21H,9-10H2,1H3,(H,18,20)(H,19,22). The van der Waals surface area contributed by atoms with E-state index in [4.69, 9.17) is 5.11 Å². The second-order valence-corrected chi connectivity index (χ2v) is 5.03. The van der Waals surface area contributed by atoms with Gasteiger partial charge < -0.3 is 15.7 Å². The van der Waals surface area contributed by atoms with Gasteiger partial charge >= 0.3 is 0 Å². The summed E-state index contributed by atoms with van der Waals surface area (Å²) in [6.07, 6.45) is 1.55. The maximum absolute atomic E-state index is 13.2. The molecule has 0 aliphatic rings. The molecule has 0 saturated carbocycles. The van der Waals surface area contributed by atoms with E-state index in [0.29, 0.717) is 23.6 Å². The average molecular weight is 303 g/mol. The van der Waals surface area contributed by atoms with Gasteiger partial charge in [-0.1, -0.05) is 13.0 Å². The minimum absolute atomic E-state index is 0.00171. The van der Waals surface area contributed by atoms with Gasteiger partial charge in [-0.05, 0) is 36.2 Å². The normalized spacial score (nSPS) is 11.8. The molecule has 5 nitrogen and oxygen atoms in total. The van der Waals surface area contributed by atoms with Gasteiger partial charge in [0, 0.05) is 25.0 Å². The lowest BCUT2D eigenvalue weighted by atomic mass is 10.2. The molecule has 0 radical (unpaired) electrons. The molecule has 1 atom stereocenters. The van der Waals surface area contributed by atoms with Crippen LogP contribution in [0, 0.1) is 11.7 Å². The molecular weight excluding hydrogens is 285 g/mol. The number of pyridine rings is 1. The second kappa shape index (κ2) is 7.51. The molecule has 116 valence electrons. The van der Waals surface area contributed by atoms with Gasteiger partial charge in [-0.15, -0.1) is 0 Å². The fourth-order valence-electron chi connectivity index (χ4n) is 1.82. The van der Waals surface area contributed by atoms with Gasteiger partial charge in [-0.2, -0.15) is 0 Å². The third kappa shape index (κ3) is 4.26. The highest BCUT2D eigenvalue weighted by molar-refractivity contribution is 5.99. The number of aromatic nitrogens is 1. The maximum atomic E-state index is 13.2. The van der Waals surface area contributed by atoms with E-state index in [2.05, 4.69) is 15.6 Å². The summed E-state index contributed by atoms with van der Waals surface area (Å²) < 4.78 is 13.2. The van der Waals surface area contributed by atoms with Crippen molar-refractivity contribution in [3.05, 3.63) is 54.0 Å². The summed E-state index contributed by atoms with van der Waals surface area (Å²) in [6.45, 7) is 2.20. The van der Waals surface area contributed by atoms with Gasteiger partial charge in [0.15, 0.2) is 0 Å². The van der Waals surface area contributed by atoms with Crippen LogP contribution in [-0.2, 0) is 0 Å². The highest BCUT2D eigenvalue weighted by Crippen LogP contribution is 2.19. The number of hydrogen-bond donors (Lipinski definition) is 3. The first-order chi connectivity index (χ1) is 10.6. The Bertz CT molecular complexity index is 649. The molecule has 0 aliphatic carbocycles. The number of carbonyl (C=O) groups excluding carboxylic acids is 1. The molecule has 1 aromatic carbocycles. The Hall–Kier alpha value is -2.47. The lowest BCUT2D eigenvalue weighted by molar-refractivity contribution is 0.0943. The zero-order valence-electron chi connectivity index (χ0n) is 12.2. The highest BCUT2D eigenvalue weighted by Gasteiger charge is 2.13. The average Bonchev–Trinajstić information content (AvgIpc) is 2.53. The fourth-order valence-corrected chi connectivity index (χ4v) is 1.82. The molecule has 0 saturated heterocycles. The summed E-state index contributed by atoms with van der Waals surface area (Å²) in [4.78, 5) is 16.3. The number of amides is 1. The summed E-state index contributed by atoms with van der Waals surface area (Å²) in [5.41, 5.74) is 0.869. The third-order valence-corrected chi connectivity index (χ3v) is 3.06. The van der Waals surface area contributed by atoms with E-state index in [0.717, 1.165) is 0 Å². The molecule has 2 aromatic rings. The Labute approximate surface area is 128 Å². The van der Waals surface area contributed by atoms with Gasteiger partial charge in [-0.25, -0.2) is 9.37 Å². The van der Waals surface area contributed by atoms with Crippen molar-refractivity contribution in [3.8, 4) is 0 Å². The second-order valence-electron chi connectivity index (χ2n) is 5.03. The van der Waals surface area contributed by atoms with E-state index in [1.807, 2.05) is 6.92 Å². The van der Waals surface area contributed by atoms with Crippen molar-refractivity contribution in [1.29, 1.82) is 0 Å². The SMILES string of the molecule is CC(CO)CNC(=O)c1cccnc1Nc1cccc(F)c1. The van der Waals surface area contributed by atoms with Gasteiger partial charge in [0.25, 0.3) is 5.91 Å². The quantitative estimate of drug-likeness (QED) is 0.765. The summed E-state index contributed by atoms with van der Waals surface area (Å²) in [6, 6.07) is 9.21. The summed E-state index contributed by atoms with van der Waals surface area (Å²) in [5.74, 6) is -0.349.